The van der Waals surface area contributed by atoms with Crippen LogP contribution in [-0.2, 0) is 11.2 Å². The first-order valence-corrected chi connectivity index (χ1v) is 6.61. The van der Waals surface area contributed by atoms with Crippen LogP contribution >= 0.6 is 0 Å². The summed E-state index contributed by atoms with van der Waals surface area (Å²) in [5, 5.41) is 2.31. The molecule has 2 aromatic carbocycles. The summed E-state index contributed by atoms with van der Waals surface area (Å²) in [5.41, 5.74) is 6.64. The molecule has 0 aliphatic carbocycles. The molecule has 0 spiro atoms. The van der Waals surface area contributed by atoms with E-state index in [-0.39, 0.29) is 5.69 Å². The fourth-order valence-electron chi connectivity index (χ4n) is 1.92. The van der Waals surface area contributed by atoms with Crippen molar-refractivity contribution < 1.29 is 13.6 Å². The van der Waals surface area contributed by atoms with E-state index >= 15 is 0 Å². The second-order valence-electron chi connectivity index (χ2n) is 4.74. The Hall–Kier alpha value is -2.27. The molecule has 21 heavy (non-hydrogen) atoms. The van der Waals surface area contributed by atoms with Crippen molar-refractivity contribution in [3.8, 4) is 0 Å². The van der Waals surface area contributed by atoms with Gasteiger partial charge in [-0.2, -0.15) is 0 Å². The molecule has 0 radical (unpaired) electrons. The Kier molecular flexibility index (Phi) is 5.00. The van der Waals surface area contributed by atoms with Crippen LogP contribution in [0.25, 0.3) is 0 Å². The minimum Gasteiger partial charge on any atom is -0.322 e. The number of nitrogens with one attached hydrogen (secondary N) is 1. The van der Waals surface area contributed by atoms with Crippen molar-refractivity contribution in [1.29, 1.82) is 0 Å². The third kappa shape index (κ3) is 4.36. The van der Waals surface area contributed by atoms with Gasteiger partial charge in [0.05, 0.1) is 11.7 Å². The van der Waals surface area contributed by atoms with Gasteiger partial charge >= 0.3 is 0 Å². The number of hydrogen-bond acceptors (Lipinski definition) is 2. The molecule has 2 aromatic rings. The second-order valence-corrected chi connectivity index (χ2v) is 4.74. The maximum Gasteiger partial charge on any atom is 0.241 e. The smallest absolute Gasteiger partial charge is 0.241 e. The van der Waals surface area contributed by atoms with Gasteiger partial charge in [0.15, 0.2) is 0 Å². The van der Waals surface area contributed by atoms with Crippen LogP contribution in [0.5, 0.6) is 0 Å². The van der Waals surface area contributed by atoms with Gasteiger partial charge in [0.2, 0.25) is 5.91 Å². The molecule has 5 heteroatoms. The SMILES string of the molecule is N[C@@H](CCc1ccccc1)C(=O)Nc1cc(F)ccc1F. The lowest BCUT2D eigenvalue weighted by atomic mass is 10.1. The normalized spacial score (nSPS) is 12.0. The highest BCUT2D eigenvalue weighted by Gasteiger charge is 2.15. The second kappa shape index (κ2) is 6.95. The summed E-state index contributed by atoms with van der Waals surface area (Å²) >= 11 is 0. The summed E-state index contributed by atoms with van der Waals surface area (Å²) in [6.45, 7) is 0. The Labute approximate surface area is 121 Å². The minimum atomic E-state index is -0.784. The number of benzene rings is 2. The molecule has 110 valence electrons. The van der Waals surface area contributed by atoms with E-state index in [9.17, 15) is 13.6 Å². The van der Waals surface area contributed by atoms with Crippen LogP contribution in [0.4, 0.5) is 14.5 Å². The van der Waals surface area contributed by atoms with Crippen LogP contribution in [0.3, 0.4) is 0 Å². The molecular weight excluding hydrogens is 274 g/mol. The van der Waals surface area contributed by atoms with Crippen molar-refractivity contribution in [1.82, 2.24) is 0 Å². The number of carbonyl (C=O) groups excluding carboxylic acids is 1. The Bertz CT molecular complexity index is 617. The van der Waals surface area contributed by atoms with Crippen LogP contribution in [0.2, 0.25) is 0 Å². The molecule has 1 amide bonds. The number of anilines is 1. The molecule has 0 heterocycles. The minimum absolute atomic E-state index is 0.199. The van der Waals surface area contributed by atoms with Crippen LogP contribution < -0.4 is 11.1 Å². The fourth-order valence-corrected chi connectivity index (χ4v) is 1.92. The van der Waals surface area contributed by atoms with Crippen LogP contribution in [-0.4, -0.2) is 11.9 Å². The van der Waals surface area contributed by atoms with Gasteiger partial charge in [-0.3, -0.25) is 4.79 Å². The predicted molar refractivity (Wildman–Crippen MR) is 77.7 cm³/mol. The van der Waals surface area contributed by atoms with Gasteiger partial charge < -0.3 is 11.1 Å². The molecule has 0 bridgehead atoms. The van der Waals surface area contributed by atoms with Crippen molar-refractivity contribution >= 4 is 11.6 Å². The molecular formula is C16H16F2N2O. The first-order valence-electron chi connectivity index (χ1n) is 6.61. The van der Waals surface area contributed by atoms with E-state index in [0.717, 1.165) is 23.8 Å². The van der Waals surface area contributed by atoms with Crippen molar-refractivity contribution in [3.05, 3.63) is 65.7 Å². The largest absolute Gasteiger partial charge is 0.322 e. The maximum atomic E-state index is 13.4. The average molecular weight is 290 g/mol. The van der Waals surface area contributed by atoms with Gasteiger partial charge in [0.25, 0.3) is 0 Å². The topological polar surface area (TPSA) is 55.1 Å². The zero-order chi connectivity index (χ0) is 15.2. The highest BCUT2D eigenvalue weighted by Crippen LogP contribution is 2.15. The molecule has 0 saturated heterocycles. The zero-order valence-corrected chi connectivity index (χ0v) is 11.4. The lowest BCUT2D eigenvalue weighted by Gasteiger charge is -2.13. The molecule has 0 aromatic heterocycles. The van der Waals surface area contributed by atoms with E-state index in [0.29, 0.717) is 12.8 Å². The maximum absolute atomic E-state index is 13.4. The molecule has 0 unspecified atom stereocenters. The zero-order valence-electron chi connectivity index (χ0n) is 11.4. The molecule has 3 N–H and O–H groups in total. The number of amides is 1. The summed E-state index contributed by atoms with van der Waals surface area (Å²) in [5.74, 6) is -1.85. The molecule has 1 atom stereocenters. The summed E-state index contributed by atoms with van der Waals surface area (Å²) in [6.07, 6.45) is 1.06. The first kappa shape index (κ1) is 15.1. The Morgan fingerprint density at radius 2 is 1.86 bits per heavy atom. The van der Waals surface area contributed by atoms with Crippen molar-refractivity contribution in [2.24, 2.45) is 5.73 Å². The van der Waals surface area contributed by atoms with E-state index in [1.54, 1.807) is 0 Å². The van der Waals surface area contributed by atoms with Gasteiger partial charge in [-0.25, -0.2) is 8.78 Å². The van der Waals surface area contributed by atoms with Gasteiger partial charge in [-0.05, 0) is 30.5 Å². The van der Waals surface area contributed by atoms with Crippen molar-refractivity contribution in [2.45, 2.75) is 18.9 Å². The number of halogens is 2. The van der Waals surface area contributed by atoms with Gasteiger partial charge in [-0.1, -0.05) is 30.3 Å². The summed E-state index contributed by atoms with van der Waals surface area (Å²) in [6, 6.07) is 11.7. The first-order chi connectivity index (χ1) is 10.1. The van der Waals surface area contributed by atoms with Gasteiger partial charge in [-0.15, -0.1) is 0 Å². The fraction of sp³-hybridized carbons (Fsp3) is 0.188. The average Bonchev–Trinajstić information content (AvgIpc) is 2.49. The number of rotatable bonds is 5. The summed E-state index contributed by atoms with van der Waals surface area (Å²) in [4.78, 5) is 11.9. The molecule has 0 aliphatic heterocycles. The lowest BCUT2D eigenvalue weighted by Crippen LogP contribution is -2.36. The molecule has 0 aliphatic rings. The van der Waals surface area contributed by atoms with E-state index in [1.165, 1.54) is 0 Å². The quantitative estimate of drug-likeness (QED) is 0.889. The molecule has 0 fully saturated rings. The third-order valence-electron chi connectivity index (χ3n) is 3.11. The van der Waals surface area contributed by atoms with E-state index in [1.807, 2.05) is 30.3 Å². The highest BCUT2D eigenvalue weighted by atomic mass is 19.1. The van der Waals surface area contributed by atoms with Crippen LogP contribution in [0.15, 0.2) is 48.5 Å². The lowest BCUT2D eigenvalue weighted by molar-refractivity contribution is -0.117. The van der Waals surface area contributed by atoms with E-state index in [4.69, 9.17) is 5.73 Å². The summed E-state index contributed by atoms with van der Waals surface area (Å²) in [7, 11) is 0. The Morgan fingerprint density at radius 1 is 1.14 bits per heavy atom. The number of hydrogen-bond donors (Lipinski definition) is 2. The standard InChI is InChI=1S/C16H16F2N2O/c17-12-7-8-13(18)15(10-12)20-16(21)14(19)9-6-11-4-2-1-3-5-11/h1-5,7-8,10,14H,6,9,19H2,(H,20,21)/t14-/m0/s1. The number of aryl methyl sites for hydroxylation is 1. The van der Waals surface area contributed by atoms with E-state index < -0.39 is 23.6 Å². The van der Waals surface area contributed by atoms with Crippen molar-refractivity contribution in [2.75, 3.05) is 5.32 Å². The number of nitrogens with two attached hydrogens (primary N) is 1. The van der Waals surface area contributed by atoms with E-state index in [2.05, 4.69) is 5.32 Å². The summed E-state index contributed by atoms with van der Waals surface area (Å²) < 4.78 is 26.4. The monoisotopic (exact) mass is 290 g/mol. The van der Waals surface area contributed by atoms with Crippen LogP contribution in [0, 0.1) is 11.6 Å². The molecule has 2 rings (SSSR count). The highest BCUT2D eigenvalue weighted by molar-refractivity contribution is 5.94. The molecule has 0 saturated carbocycles. The van der Waals surface area contributed by atoms with Crippen molar-refractivity contribution in [3.63, 3.8) is 0 Å². The number of carbonyl (C=O) groups is 1. The van der Waals surface area contributed by atoms with Gasteiger partial charge in [0, 0.05) is 6.07 Å². The third-order valence-corrected chi connectivity index (χ3v) is 3.11. The Morgan fingerprint density at radius 3 is 2.57 bits per heavy atom. The molecule has 3 nitrogen and oxygen atoms in total. The Balaban J connectivity index is 1.92. The predicted octanol–water partition coefficient (Wildman–Crippen LogP) is 2.86. The van der Waals surface area contributed by atoms with Crippen LogP contribution in [0.1, 0.15) is 12.0 Å². The van der Waals surface area contributed by atoms with Gasteiger partial charge in [0.1, 0.15) is 11.6 Å².